The summed E-state index contributed by atoms with van der Waals surface area (Å²) < 4.78 is 0. The van der Waals surface area contributed by atoms with Crippen molar-refractivity contribution in [3.63, 3.8) is 0 Å². The van der Waals surface area contributed by atoms with Crippen molar-refractivity contribution in [1.29, 1.82) is 0 Å². The number of halogens is 1. The number of hydrogen-bond donors (Lipinski definition) is 3. The lowest BCUT2D eigenvalue weighted by molar-refractivity contribution is 1.08. The van der Waals surface area contributed by atoms with Gasteiger partial charge in [-0.3, -0.25) is 0 Å². The van der Waals surface area contributed by atoms with Crippen LogP contribution >= 0.6 is 11.6 Å². The third kappa shape index (κ3) is 3.94. The molecule has 0 radical (unpaired) electrons. The highest BCUT2D eigenvalue weighted by Gasteiger charge is 2.08. The fourth-order valence-corrected chi connectivity index (χ4v) is 2.32. The molecule has 0 saturated carbocycles. The smallest absolute Gasteiger partial charge is 0.159 e. The lowest BCUT2D eigenvalue weighted by Crippen LogP contribution is -2.08. The first-order chi connectivity index (χ1) is 11.6. The highest BCUT2D eigenvalue weighted by atomic mass is 35.5. The van der Waals surface area contributed by atoms with Gasteiger partial charge in [-0.2, -0.15) is 0 Å². The van der Waals surface area contributed by atoms with E-state index in [1.807, 2.05) is 12.1 Å². The van der Waals surface area contributed by atoms with E-state index in [1.165, 1.54) is 11.9 Å². The Labute approximate surface area is 145 Å². The van der Waals surface area contributed by atoms with Gasteiger partial charge in [0.1, 0.15) is 12.0 Å². The van der Waals surface area contributed by atoms with Gasteiger partial charge in [0.25, 0.3) is 0 Å². The minimum atomic E-state index is 0.472. The fraction of sp³-hybridized carbons (Fsp3) is 0.111. The molecule has 0 aliphatic heterocycles. The molecule has 0 unspecified atom stereocenters. The predicted molar refractivity (Wildman–Crippen MR) is 99.7 cm³/mol. The van der Waals surface area contributed by atoms with Gasteiger partial charge in [0.2, 0.25) is 0 Å². The number of rotatable bonds is 5. The second kappa shape index (κ2) is 7.19. The molecule has 3 rings (SSSR count). The van der Waals surface area contributed by atoms with E-state index in [4.69, 9.17) is 17.3 Å². The van der Waals surface area contributed by atoms with Gasteiger partial charge in [-0.25, -0.2) is 9.97 Å². The Hall–Kier alpha value is -2.79. The molecule has 24 heavy (non-hydrogen) atoms. The molecule has 0 atom stereocenters. The topological polar surface area (TPSA) is 75.9 Å². The molecule has 0 aliphatic carbocycles. The van der Waals surface area contributed by atoms with Crippen molar-refractivity contribution in [3.05, 3.63) is 71.0 Å². The summed E-state index contributed by atoms with van der Waals surface area (Å²) in [5, 5.41) is 7.09. The van der Waals surface area contributed by atoms with E-state index in [9.17, 15) is 0 Å². The summed E-state index contributed by atoms with van der Waals surface area (Å²) in [4.78, 5) is 8.42. The van der Waals surface area contributed by atoms with Crippen molar-refractivity contribution in [2.75, 3.05) is 16.4 Å². The number of nitrogens with zero attached hydrogens (tertiary/aromatic N) is 2. The third-order valence-corrected chi connectivity index (χ3v) is 3.82. The predicted octanol–water partition coefficient (Wildman–Crippen LogP) is 4.38. The van der Waals surface area contributed by atoms with Crippen LogP contribution in [0.15, 0.2) is 54.9 Å². The Kier molecular flexibility index (Phi) is 4.82. The molecule has 3 aromatic rings. The summed E-state index contributed by atoms with van der Waals surface area (Å²) in [6, 6.07) is 15.6. The normalized spacial score (nSPS) is 10.4. The van der Waals surface area contributed by atoms with Crippen LogP contribution in [0.1, 0.15) is 11.1 Å². The Morgan fingerprint density at radius 3 is 2.33 bits per heavy atom. The fourth-order valence-electron chi connectivity index (χ4n) is 2.20. The van der Waals surface area contributed by atoms with Gasteiger partial charge in [0.05, 0.1) is 0 Å². The largest absolute Gasteiger partial charge is 0.393 e. The van der Waals surface area contributed by atoms with Gasteiger partial charge >= 0.3 is 0 Å². The SMILES string of the molecule is Cc1ccc(CNc2ncnc(Nc3ccc(Cl)cc3)c2N)cc1. The van der Waals surface area contributed by atoms with Crippen molar-refractivity contribution in [2.24, 2.45) is 0 Å². The van der Waals surface area contributed by atoms with Crippen LogP contribution in [0.4, 0.5) is 23.0 Å². The van der Waals surface area contributed by atoms with E-state index in [0.717, 1.165) is 11.3 Å². The van der Waals surface area contributed by atoms with Crippen molar-refractivity contribution < 1.29 is 0 Å². The zero-order valence-corrected chi connectivity index (χ0v) is 14.0. The number of nitrogens with two attached hydrogens (primary N) is 1. The van der Waals surface area contributed by atoms with E-state index in [-0.39, 0.29) is 0 Å². The van der Waals surface area contributed by atoms with Crippen LogP contribution in [-0.2, 0) is 6.54 Å². The first kappa shape index (κ1) is 16.1. The summed E-state index contributed by atoms with van der Waals surface area (Å²) in [7, 11) is 0. The Morgan fingerprint density at radius 2 is 1.62 bits per heavy atom. The van der Waals surface area contributed by atoms with Crippen LogP contribution in [0.25, 0.3) is 0 Å². The number of hydrogen-bond acceptors (Lipinski definition) is 5. The number of anilines is 4. The molecular formula is C18H18ClN5. The molecular weight excluding hydrogens is 322 g/mol. The highest BCUT2D eigenvalue weighted by molar-refractivity contribution is 6.30. The maximum atomic E-state index is 6.17. The van der Waals surface area contributed by atoms with E-state index in [1.54, 1.807) is 12.1 Å². The van der Waals surface area contributed by atoms with Crippen LogP contribution < -0.4 is 16.4 Å². The average molecular weight is 340 g/mol. The Balaban J connectivity index is 1.72. The molecule has 0 fully saturated rings. The number of benzene rings is 2. The van der Waals surface area contributed by atoms with Crippen molar-refractivity contribution >= 4 is 34.6 Å². The summed E-state index contributed by atoms with van der Waals surface area (Å²) >= 11 is 5.89. The molecule has 1 heterocycles. The van der Waals surface area contributed by atoms with E-state index >= 15 is 0 Å². The van der Waals surface area contributed by atoms with Crippen molar-refractivity contribution in [1.82, 2.24) is 9.97 Å². The van der Waals surface area contributed by atoms with Crippen LogP contribution in [0.3, 0.4) is 0 Å². The zero-order valence-electron chi connectivity index (χ0n) is 13.3. The zero-order chi connectivity index (χ0) is 16.9. The van der Waals surface area contributed by atoms with Crippen molar-refractivity contribution in [2.45, 2.75) is 13.5 Å². The number of nitrogens with one attached hydrogen (secondary N) is 2. The summed E-state index contributed by atoms with van der Waals surface area (Å²) in [6.07, 6.45) is 1.48. The standard InChI is InChI=1S/C18H18ClN5/c1-12-2-4-13(5-3-12)10-21-17-16(20)18(23-11-22-17)24-15-8-6-14(19)7-9-15/h2-9,11H,10,20H2,1H3,(H2,21,22,23,24). The van der Waals surface area contributed by atoms with Gasteiger partial charge in [-0.1, -0.05) is 41.4 Å². The minimum absolute atomic E-state index is 0.472. The van der Waals surface area contributed by atoms with Gasteiger partial charge < -0.3 is 16.4 Å². The first-order valence-electron chi connectivity index (χ1n) is 7.54. The lowest BCUT2D eigenvalue weighted by Gasteiger charge is -2.12. The quantitative estimate of drug-likeness (QED) is 0.643. The van der Waals surface area contributed by atoms with Crippen LogP contribution in [0, 0.1) is 6.92 Å². The van der Waals surface area contributed by atoms with Gasteiger partial charge in [-0.15, -0.1) is 0 Å². The molecule has 2 aromatic carbocycles. The molecule has 0 amide bonds. The lowest BCUT2D eigenvalue weighted by atomic mass is 10.1. The Bertz CT molecular complexity index is 816. The Morgan fingerprint density at radius 1 is 0.958 bits per heavy atom. The second-order valence-corrected chi connectivity index (χ2v) is 5.89. The maximum absolute atomic E-state index is 6.17. The molecule has 1 aromatic heterocycles. The molecule has 6 heteroatoms. The van der Waals surface area contributed by atoms with E-state index in [2.05, 4.69) is 51.8 Å². The maximum Gasteiger partial charge on any atom is 0.159 e. The van der Waals surface area contributed by atoms with Gasteiger partial charge in [0, 0.05) is 17.3 Å². The monoisotopic (exact) mass is 339 g/mol. The number of aromatic nitrogens is 2. The summed E-state index contributed by atoms with van der Waals surface area (Å²) in [6.45, 7) is 2.70. The number of aryl methyl sites for hydroxylation is 1. The van der Waals surface area contributed by atoms with Crippen LogP contribution in [0.2, 0.25) is 5.02 Å². The second-order valence-electron chi connectivity index (χ2n) is 5.46. The third-order valence-electron chi connectivity index (χ3n) is 3.57. The molecule has 122 valence electrons. The minimum Gasteiger partial charge on any atom is -0.393 e. The molecule has 0 bridgehead atoms. The van der Waals surface area contributed by atoms with Crippen LogP contribution in [-0.4, -0.2) is 9.97 Å². The van der Waals surface area contributed by atoms with Crippen LogP contribution in [0.5, 0.6) is 0 Å². The molecule has 5 nitrogen and oxygen atoms in total. The van der Waals surface area contributed by atoms with Gasteiger partial charge in [-0.05, 0) is 36.8 Å². The average Bonchev–Trinajstić information content (AvgIpc) is 2.59. The molecule has 0 saturated heterocycles. The molecule has 0 aliphatic rings. The summed E-state index contributed by atoms with van der Waals surface area (Å²) in [5.74, 6) is 1.15. The van der Waals surface area contributed by atoms with Gasteiger partial charge in [0.15, 0.2) is 11.6 Å². The van der Waals surface area contributed by atoms with E-state index in [0.29, 0.717) is 28.9 Å². The number of nitrogen functional groups attached to an aromatic ring is 1. The first-order valence-corrected chi connectivity index (χ1v) is 7.92. The highest BCUT2D eigenvalue weighted by Crippen LogP contribution is 2.26. The molecule has 4 N–H and O–H groups in total. The van der Waals surface area contributed by atoms with E-state index < -0.39 is 0 Å². The van der Waals surface area contributed by atoms with Crippen molar-refractivity contribution in [3.8, 4) is 0 Å². The molecule has 0 spiro atoms. The summed E-state index contributed by atoms with van der Waals surface area (Å²) in [5.41, 5.74) is 9.89.